The highest BCUT2D eigenvalue weighted by Crippen LogP contribution is 2.32. The summed E-state index contributed by atoms with van der Waals surface area (Å²) in [6, 6.07) is 3.22. The van der Waals surface area contributed by atoms with Gasteiger partial charge in [-0.15, -0.1) is 0 Å². The van der Waals surface area contributed by atoms with Crippen LogP contribution in [0.2, 0.25) is 0 Å². The molecular weight excluding hydrogens is 387 g/mol. The van der Waals surface area contributed by atoms with Crippen molar-refractivity contribution in [3.05, 3.63) is 29.6 Å². The Morgan fingerprint density at radius 2 is 1.83 bits per heavy atom. The van der Waals surface area contributed by atoms with Crippen LogP contribution in [-0.2, 0) is 9.59 Å². The first-order valence-electron chi connectivity index (χ1n) is 11.0. The van der Waals surface area contributed by atoms with Crippen molar-refractivity contribution in [2.75, 3.05) is 44.2 Å². The third-order valence-electron chi connectivity index (χ3n) is 6.30. The van der Waals surface area contributed by atoms with E-state index in [2.05, 4.69) is 10.2 Å². The van der Waals surface area contributed by atoms with Gasteiger partial charge >= 0.3 is 0 Å². The average Bonchev–Trinajstić information content (AvgIpc) is 3.05. The molecule has 0 radical (unpaired) electrons. The van der Waals surface area contributed by atoms with Gasteiger partial charge in [-0.1, -0.05) is 12.8 Å². The lowest BCUT2D eigenvalue weighted by Crippen LogP contribution is -2.48. The second kappa shape index (κ2) is 9.12. The highest BCUT2D eigenvalue weighted by atomic mass is 19.1. The first-order chi connectivity index (χ1) is 14.5. The van der Waals surface area contributed by atoms with E-state index < -0.39 is 11.9 Å². The van der Waals surface area contributed by atoms with Gasteiger partial charge in [0.05, 0.1) is 11.3 Å². The van der Waals surface area contributed by atoms with Gasteiger partial charge in [0.25, 0.3) is 5.91 Å². The molecule has 1 atom stereocenters. The molecule has 7 nitrogen and oxygen atoms in total. The van der Waals surface area contributed by atoms with Gasteiger partial charge in [-0.05, 0) is 57.0 Å². The van der Waals surface area contributed by atoms with E-state index in [1.165, 1.54) is 47.6 Å². The van der Waals surface area contributed by atoms with Crippen molar-refractivity contribution in [3.63, 3.8) is 0 Å². The molecule has 0 aromatic heterocycles. The minimum Gasteiger partial charge on any atom is -0.353 e. The fraction of sp³-hybridized carbons (Fsp3) is 0.591. The van der Waals surface area contributed by atoms with Gasteiger partial charge in [0.2, 0.25) is 11.8 Å². The Morgan fingerprint density at radius 3 is 2.60 bits per heavy atom. The Hall–Kier alpha value is -2.48. The third-order valence-corrected chi connectivity index (χ3v) is 6.30. The maximum absolute atomic E-state index is 13.8. The predicted molar refractivity (Wildman–Crippen MR) is 111 cm³/mol. The van der Waals surface area contributed by atoms with Crippen LogP contribution in [-0.4, -0.2) is 72.8 Å². The molecule has 3 aliphatic heterocycles. The van der Waals surface area contributed by atoms with E-state index in [1.54, 1.807) is 0 Å². The standard InChI is InChI=1S/C22H29FN4O3/c23-16-7-8-18-17(14-16)21(29)26-12-5-6-19(26)22(30)27(18)15-20(28)24-9-13-25-10-3-1-2-4-11-25/h7-8,14,19H,1-6,9-13,15H2,(H,24,28)/t19-/m1/s1. The number of nitrogens with one attached hydrogen (secondary N) is 1. The topological polar surface area (TPSA) is 73.0 Å². The molecular formula is C22H29FN4O3. The lowest BCUT2D eigenvalue weighted by molar-refractivity contribution is -0.125. The molecule has 1 N–H and O–H groups in total. The van der Waals surface area contributed by atoms with Gasteiger partial charge in [0.15, 0.2) is 0 Å². The van der Waals surface area contributed by atoms with E-state index in [0.29, 0.717) is 25.2 Å². The second-order valence-electron chi connectivity index (χ2n) is 8.35. The lowest BCUT2D eigenvalue weighted by Gasteiger charge is -2.26. The van der Waals surface area contributed by atoms with Crippen LogP contribution < -0.4 is 10.2 Å². The Kier molecular flexibility index (Phi) is 6.32. The summed E-state index contributed by atoms with van der Waals surface area (Å²) in [5.41, 5.74) is 0.452. The normalized spacial score (nSPS) is 22.4. The highest BCUT2D eigenvalue weighted by Gasteiger charge is 2.42. The zero-order chi connectivity index (χ0) is 21.1. The molecule has 3 heterocycles. The van der Waals surface area contributed by atoms with E-state index in [9.17, 15) is 18.8 Å². The molecule has 0 spiro atoms. The van der Waals surface area contributed by atoms with Crippen molar-refractivity contribution >= 4 is 23.4 Å². The number of benzene rings is 1. The first-order valence-corrected chi connectivity index (χ1v) is 11.0. The molecule has 2 fully saturated rings. The number of hydrogen-bond acceptors (Lipinski definition) is 4. The number of rotatable bonds is 5. The van der Waals surface area contributed by atoms with Gasteiger partial charge in [0.1, 0.15) is 18.4 Å². The first kappa shape index (κ1) is 20.8. The fourth-order valence-electron chi connectivity index (χ4n) is 4.71. The van der Waals surface area contributed by atoms with E-state index in [4.69, 9.17) is 0 Å². The van der Waals surface area contributed by atoms with Crippen molar-refractivity contribution in [3.8, 4) is 0 Å². The number of amides is 3. The number of hydrogen-bond donors (Lipinski definition) is 1. The van der Waals surface area contributed by atoms with Gasteiger partial charge in [-0.25, -0.2) is 4.39 Å². The Morgan fingerprint density at radius 1 is 1.07 bits per heavy atom. The van der Waals surface area contributed by atoms with Gasteiger partial charge in [-0.3, -0.25) is 14.4 Å². The van der Waals surface area contributed by atoms with Gasteiger partial charge < -0.3 is 20.0 Å². The van der Waals surface area contributed by atoms with E-state index in [0.717, 1.165) is 32.1 Å². The predicted octanol–water partition coefficient (Wildman–Crippen LogP) is 1.77. The molecule has 1 aromatic rings. The number of carbonyl (C=O) groups excluding carboxylic acids is 3. The molecule has 162 valence electrons. The molecule has 8 heteroatoms. The molecule has 30 heavy (non-hydrogen) atoms. The maximum atomic E-state index is 13.8. The van der Waals surface area contributed by atoms with Crippen LogP contribution in [0, 0.1) is 5.82 Å². The summed E-state index contributed by atoms with van der Waals surface area (Å²) in [4.78, 5) is 43.9. The lowest BCUT2D eigenvalue weighted by atomic mass is 10.1. The summed E-state index contributed by atoms with van der Waals surface area (Å²) in [5.74, 6) is -1.42. The van der Waals surface area contributed by atoms with E-state index in [1.807, 2.05) is 0 Å². The smallest absolute Gasteiger partial charge is 0.256 e. The van der Waals surface area contributed by atoms with E-state index in [-0.39, 0.29) is 29.8 Å². The molecule has 4 rings (SSSR count). The van der Waals surface area contributed by atoms with Crippen molar-refractivity contribution < 1.29 is 18.8 Å². The quantitative estimate of drug-likeness (QED) is 0.794. The summed E-state index contributed by atoms with van der Waals surface area (Å²) in [5, 5.41) is 2.90. The minimum atomic E-state index is -0.585. The number of carbonyl (C=O) groups is 3. The zero-order valence-corrected chi connectivity index (χ0v) is 17.2. The molecule has 2 saturated heterocycles. The largest absolute Gasteiger partial charge is 0.353 e. The molecule has 0 saturated carbocycles. The highest BCUT2D eigenvalue weighted by molar-refractivity contribution is 6.12. The minimum absolute atomic E-state index is 0.144. The molecule has 3 amide bonds. The summed E-state index contributed by atoms with van der Waals surface area (Å²) in [7, 11) is 0. The van der Waals surface area contributed by atoms with Crippen LogP contribution in [0.1, 0.15) is 48.9 Å². The zero-order valence-electron chi connectivity index (χ0n) is 17.2. The maximum Gasteiger partial charge on any atom is 0.256 e. The Balaban J connectivity index is 1.45. The van der Waals surface area contributed by atoms with Crippen molar-refractivity contribution in [1.29, 1.82) is 0 Å². The summed E-state index contributed by atoms with van der Waals surface area (Å²) in [6.45, 7) is 3.72. The fourth-order valence-corrected chi connectivity index (χ4v) is 4.71. The molecule has 0 aliphatic carbocycles. The third kappa shape index (κ3) is 4.33. The van der Waals surface area contributed by atoms with E-state index >= 15 is 0 Å². The Labute approximate surface area is 176 Å². The van der Waals surface area contributed by atoms with Crippen LogP contribution in [0.15, 0.2) is 18.2 Å². The Bertz CT molecular complexity index is 823. The number of halogens is 1. The van der Waals surface area contributed by atoms with Gasteiger partial charge in [-0.2, -0.15) is 0 Å². The second-order valence-corrected chi connectivity index (χ2v) is 8.35. The average molecular weight is 416 g/mol. The summed E-state index contributed by atoms with van der Waals surface area (Å²) >= 11 is 0. The van der Waals surface area contributed by atoms with Crippen molar-refractivity contribution in [1.82, 2.24) is 15.1 Å². The van der Waals surface area contributed by atoms with Crippen LogP contribution in [0.3, 0.4) is 0 Å². The molecule has 1 aromatic carbocycles. The number of likely N-dealkylation sites (tertiary alicyclic amines) is 1. The molecule has 0 unspecified atom stereocenters. The SMILES string of the molecule is O=C(CN1C(=O)[C@H]2CCCN2C(=O)c2cc(F)ccc21)NCCN1CCCCCC1. The monoisotopic (exact) mass is 416 g/mol. The van der Waals surface area contributed by atoms with Crippen LogP contribution in [0.4, 0.5) is 10.1 Å². The molecule has 0 bridgehead atoms. The number of fused-ring (bicyclic) bond motifs is 2. The number of anilines is 1. The van der Waals surface area contributed by atoms with Crippen molar-refractivity contribution in [2.45, 2.75) is 44.6 Å². The van der Waals surface area contributed by atoms with Gasteiger partial charge in [0, 0.05) is 19.6 Å². The molecule has 3 aliphatic rings. The van der Waals surface area contributed by atoms with Crippen LogP contribution >= 0.6 is 0 Å². The van der Waals surface area contributed by atoms with Crippen LogP contribution in [0.25, 0.3) is 0 Å². The van der Waals surface area contributed by atoms with Crippen LogP contribution in [0.5, 0.6) is 0 Å². The summed E-state index contributed by atoms with van der Waals surface area (Å²) in [6.07, 6.45) is 6.19. The number of nitrogens with zero attached hydrogens (tertiary/aromatic N) is 3. The summed E-state index contributed by atoms with van der Waals surface area (Å²) < 4.78 is 13.8. The van der Waals surface area contributed by atoms with Crippen molar-refractivity contribution in [2.24, 2.45) is 0 Å².